The van der Waals surface area contributed by atoms with E-state index in [9.17, 15) is 4.21 Å². The minimum atomic E-state index is -1.09. The SMILES string of the molecule is C=CC[C@H](C)C[C@@H](COCc1ccccc1)N[S@@](=O)C(C)(C)C. The molecular weight excluding hydrogens is 306 g/mol. The average Bonchev–Trinajstić information content (AvgIpc) is 2.47. The highest BCUT2D eigenvalue weighted by Gasteiger charge is 2.23. The van der Waals surface area contributed by atoms with Crippen LogP contribution in [0.5, 0.6) is 0 Å². The Hall–Kier alpha value is -0.970. The van der Waals surface area contributed by atoms with Gasteiger partial charge in [-0.1, -0.05) is 43.3 Å². The van der Waals surface area contributed by atoms with Gasteiger partial charge in [0.15, 0.2) is 0 Å². The van der Waals surface area contributed by atoms with Gasteiger partial charge >= 0.3 is 0 Å². The Bertz CT molecular complexity index is 482. The van der Waals surface area contributed by atoms with E-state index in [0.29, 0.717) is 19.1 Å². The number of benzene rings is 1. The molecule has 0 saturated heterocycles. The molecule has 130 valence electrons. The Balaban J connectivity index is 2.55. The standard InChI is InChI=1S/C19H31NO2S/c1-6-10-16(2)13-18(20-23(21)19(3,4)5)15-22-14-17-11-8-7-9-12-17/h6-9,11-12,16,18,20H,1,10,13-15H2,2-5H3/t16-,18-,23-/m0/s1. The van der Waals surface area contributed by atoms with E-state index >= 15 is 0 Å². The maximum Gasteiger partial charge on any atom is 0.0973 e. The summed E-state index contributed by atoms with van der Waals surface area (Å²) < 4.78 is 21.2. The molecule has 0 fully saturated rings. The maximum atomic E-state index is 12.4. The number of hydrogen-bond donors (Lipinski definition) is 1. The minimum absolute atomic E-state index is 0.0775. The third-order valence-electron chi connectivity index (χ3n) is 3.52. The maximum absolute atomic E-state index is 12.4. The van der Waals surface area contributed by atoms with Crippen molar-refractivity contribution < 1.29 is 8.95 Å². The number of nitrogens with one attached hydrogen (secondary N) is 1. The minimum Gasteiger partial charge on any atom is -0.375 e. The fraction of sp³-hybridized carbons (Fsp3) is 0.579. The molecule has 0 radical (unpaired) electrons. The molecule has 0 aromatic heterocycles. The zero-order chi connectivity index (χ0) is 17.3. The smallest absolute Gasteiger partial charge is 0.0973 e. The number of rotatable bonds is 10. The molecule has 4 heteroatoms. The van der Waals surface area contributed by atoms with Crippen molar-refractivity contribution in [1.82, 2.24) is 4.72 Å². The van der Waals surface area contributed by atoms with Gasteiger partial charge in [-0.15, -0.1) is 6.58 Å². The normalized spacial score (nSPS) is 15.8. The van der Waals surface area contributed by atoms with Crippen LogP contribution in [0.15, 0.2) is 43.0 Å². The molecule has 0 aliphatic heterocycles. The van der Waals surface area contributed by atoms with Crippen molar-refractivity contribution in [2.45, 2.75) is 57.9 Å². The largest absolute Gasteiger partial charge is 0.375 e. The van der Waals surface area contributed by atoms with Crippen LogP contribution in [0, 0.1) is 5.92 Å². The van der Waals surface area contributed by atoms with Gasteiger partial charge in [0.1, 0.15) is 0 Å². The van der Waals surface area contributed by atoms with Crippen LogP contribution in [0.1, 0.15) is 46.1 Å². The molecule has 0 aliphatic carbocycles. The predicted octanol–water partition coefficient (Wildman–Crippen LogP) is 4.23. The van der Waals surface area contributed by atoms with Crippen molar-refractivity contribution in [2.75, 3.05) is 6.61 Å². The molecule has 0 bridgehead atoms. The molecule has 0 aliphatic rings. The topological polar surface area (TPSA) is 38.3 Å². The summed E-state index contributed by atoms with van der Waals surface area (Å²) in [7, 11) is -1.09. The van der Waals surface area contributed by atoms with E-state index in [1.165, 1.54) is 0 Å². The number of allylic oxidation sites excluding steroid dienone is 1. The van der Waals surface area contributed by atoms with Crippen LogP contribution < -0.4 is 4.72 Å². The lowest BCUT2D eigenvalue weighted by Crippen LogP contribution is -2.42. The molecule has 3 nitrogen and oxygen atoms in total. The second-order valence-electron chi connectivity index (χ2n) is 7.06. The summed E-state index contributed by atoms with van der Waals surface area (Å²) >= 11 is 0. The van der Waals surface area contributed by atoms with Crippen molar-refractivity contribution in [3.05, 3.63) is 48.6 Å². The first-order valence-corrected chi connectivity index (χ1v) is 9.38. The average molecular weight is 338 g/mol. The lowest BCUT2D eigenvalue weighted by Gasteiger charge is -2.26. The molecule has 0 saturated carbocycles. The van der Waals surface area contributed by atoms with Gasteiger partial charge in [-0.2, -0.15) is 0 Å². The van der Waals surface area contributed by atoms with Crippen LogP contribution in [-0.2, 0) is 22.3 Å². The van der Waals surface area contributed by atoms with Crippen LogP contribution >= 0.6 is 0 Å². The van der Waals surface area contributed by atoms with Gasteiger partial charge in [0.05, 0.1) is 28.9 Å². The predicted molar refractivity (Wildman–Crippen MR) is 99.5 cm³/mol. The third-order valence-corrected chi connectivity index (χ3v) is 5.18. The first-order valence-electron chi connectivity index (χ1n) is 8.23. The van der Waals surface area contributed by atoms with Gasteiger partial charge in [-0.3, -0.25) is 0 Å². The first-order chi connectivity index (χ1) is 10.8. The molecule has 0 spiro atoms. The van der Waals surface area contributed by atoms with E-state index in [1.54, 1.807) is 0 Å². The second-order valence-corrected chi connectivity index (χ2v) is 9.06. The van der Waals surface area contributed by atoms with Crippen molar-refractivity contribution in [2.24, 2.45) is 5.92 Å². The Morgan fingerprint density at radius 3 is 2.52 bits per heavy atom. The molecule has 1 rings (SSSR count). The molecule has 1 aromatic carbocycles. The van der Waals surface area contributed by atoms with Gasteiger partial charge in [-0.25, -0.2) is 8.93 Å². The molecule has 0 unspecified atom stereocenters. The fourth-order valence-electron chi connectivity index (χ4n) is 2.24. The molecule has 23 heavy (non-hydrogen) atoms. The third kappa shape index (κ3) is 8.45. The lowest BCUT2D eigenvalue weighted by atomic mass is 9.99. The summed E-state index contributed by atoms with van der Waals surface area (Å²) in [4.78, 5) is 0. The summed E-state index contributed by atoms with van der Waals surface area (Å²) in [6, 6.07) is 10.2. The van der Waals surface area contributed by atoms with Crippen LogP contribution in [0.25, 0.3) is 0 Å². The highest BCUT2D eigenvalue weighted by Crippen LogP contribution is 2.15. The summed E-state index contributed by atoms with van der Waals surface area (Å²) in [5.74, 6) is 0.488. The molecule has 1 N–H and O–H groups in total. The first kappa shape index (κ1) is 20.1. The Morgan fingerprint density at radius 1 is 1.30 bits per heavy atom. The zero-order valence-electron chi connectivity index (χ0n) is 14.9. The molecule has 0 heterocycles. The van der Waals surface area contributed by atoms with Gasteiger partial charge in [0, 0.05) is 6.04 Å². The number of hydrogen-bond acceptors (Lipinski definition) is 2. The summed E-state index contributed by atoms with van der Waals surface area (Å²) in [6.45, 7) is 13.1. The number of ether oxygens (including phenoxy) is 1. The summed E-state index contributed by atoms with van der Waals surface area (Å²) in [5, 5.41) is 0. The molecule has 3 atom stereocenters. The van der Waals surface area contributed by atoms with Crippen molar-refractivity contribution in [3.8, 4) is 0 Å². The van der Waals surface area contributed by atoms with Crippen molar-refractivity contribution in [1.29, 1.82) is 0 Å². The van der Waals surface area contributed by atoms with Crippen LogP contribution in [0.4, 0.5) is 0 Å². The van der Waals surface area contributed by atoms with E-state index in [0.717, 1.165) is 18.4 Å². The highest BCUT2D eigenvalue weighted by molar-refractivity contribution is 7.84. The quantitative estimate of drug-likeness (QED) is 0.649. The highest BCUT2D eigenvalue weighted by atomic mass is 32.2. The molecular formula is C19H31NO2S. The van der Waals surface area contributed by atoms with E-state index in [2.05, 4.69) is 30.4 Å². The fourth-order valence-corrected chi connectivity index (χ4v) is 3.06. The van der Waals surface area contributed by atoms with Gasteiger partial charge in [0.25, 0.3) is 0 Å². The van der Waals surface area contributed by atoms with E-state index in [1.807, 2.05) is 45.0 Å². The monoisotopic (exact) mass is 337 g/mol. The Kier molecular flexibility index (Phi) is 8.74. The summed E-state index contributed by atoms with van der Waals surface area (Å²) in [5.41, 5.74) is 1.15. The van der Waals surface area contributed by atoms with Gasteiger partial charge in [0.2, 0.25) is 0 Å². The Morgan fingerprint density at radius 2 is 1.96 bits per heavy atom. The Labute approximate surface area is 144 Å². The van der Waals surface area contributed by atoms with E-state index < -0.39 is 11.0 Å². The second kappa shape index (κ2) is 10.0. The van der Waals surface area contributed by atoms with Crippen molar-refractivity contribution in [3.63, 3.8) is 0 Å². The summed E-state index contributed by atoms with van der Waals surface area (Å²) in [6.07, 6.45) is 3.81. The van der Waals surface area contributed by atoms with E-state index in [-0.39, 0.29) is 10.8 Å². The van der Waals surface area contributed by atoms with Crippen LogP contribution in [-0.4, -0.2) is 21.6 Å². The van der Waals surface area contributed by atoms with Crippen LogP contribution in [0.3, 0.4) is 0 Å². The van der Waals surface area contributed by atoms with Crippen LogP contribution in [0.2, 0.25) is 0 Å². The van der Waals surface area contributed by atoms with E-state index in [4.69, 9.17) is 4.74 Å². The van der Waals surface area contributed by atoms with Gasteiger partial charge < -0.3 is 4.74 Å². The zero-order valence-corrected chi connectivity index (χ0v) is 15.7. The van der Waals surface area contributed by atoms with Crippen molar-refractivity contribution >= 4 is 11.0 Å². The lowest BCUT2D eigenvalue weighted by molar-refractivity contribution is 0.0984. The molecule has 1 aromatic rings. The molecule has 0 amide bonds. The van der Waals surface area contributed by atoms with Gasteiger partial charge in [-0.05, 0) is 45.1 Å².